The van der Waals surface area contributed by atoms with Gasteiger partial charge in [-0.05, 0) is 37.1 Å². The zero-order valence-corrected chi connectivity index (χ0v) is 11.2. The summed E-state index contributed by atoms with van der Waals surface area (Å²) in [6.45, 7) is 4.71. The number of hydrogen-bond acceptors (Lipinski definition) is 2. The minimum Gasteiger partial charge on any atom is -0.338 e. The Balaban J connectivity index is 2.23. The van der Waals surface area contributed by atoms with Crippen molar-refractivity contribution in [3.8, 4) is 11.4 Å². The Morgan fingerprint density at radius 3 is 2.79 bits per heavy atom. The Bertz CT molecular complexity index is 741. The number of nitrogens with one attached hydrogen (secondary N) is 1. The normalized spacial score (nSPS) is 11.1. The molecule has 0 saturated carbocycles. The number of benzene rings is 2. The van der Waals surface area contributed by atoms with Crippen molar-refractivity contribution >= 4 is 11.0 Å². The maximum absolute atomic E-state index is 5.76. The molecule has 3 rings (SSSR count). The predicted octanol–water partition coefficient (Wildman–Crippen LogP) is 3.31. The van der Waals surface area contributed by atoms with Crippen LogP contribution in [0.3, 0.4) is 0 Å². The van der Waals surface area contributed by atoms with Crippen LogP contribution < -0.4 is 5.73 Å². The van der Waals surface area contributed by atoms with Crippen molar-refractivity contribution in [3.63, 3.8) is 0 Å². The van der Waals surface area contributed by atoms with Crippen LogP contribution in [0.15, 0.2) is 36.4 Å². The standard InChI is InChI=1S/C16H17N3/c1-10-6-7-11(2)13(8-10)16-18-14-5-3-4-12(9-17)15(14)19-16/h3-8H,9,17H2,1-2H3,(H,18,19). The maximum atomic E-state index is 5.76. The smallest absolute Gasteiger partial charge is 0.138 e. The summed E-state index contributed by atoms with van der Waals surface area (Å²) in [5.41, 5.74) is 12.5. The molecule has 1 heterocycles. The van der Waals surface area contributed by atoms with E-state index < -0.39 is 0 Å². The molecule has 0 spiro atoms. The van der Waals surface area contributed by atoms with Gasteiger partial charge >= 0.3 is 0 Å². The second kappa shape index (κ2) is 4.52. The average molecular weight is 251 g/mol. The number of imidazole rings is 1. The zero-order chi connectivity index (χ0) is 13.4. The van der Waals surface area contributed by atoms with Crippen LogP contribution in [0.1, 0.15) is 16.7 Å². The van der Waals surface area contributed by atoms with Crippen molar-refractivity contribution in [2.24, 2.45) is 5.73 Å². The summed E-state index contributed by atoms with van der Waals surface area (Å²) < 4.78 is 0. The molecule has 19 heavy (non-hydrogen) atoms. The fourth-order valence-corrected chi connectivity index (χ4v) is 2.37. The quantitative estimate of drug-likeness (QED) is 0.734. The molecule has 3 N–H and O–H groups in total. The molecule has 3 nitrogen and oxygen atoms in total. The van der Waals surface area contributed by atoms with Gasteiger partial charge in [0, 0.05) is 12.1 Å². The van der Waals surface area contributed by atoms with E-state index in [1.165, 1.54) is 11.1 Å². The van der Waals surface area contributed by atoms with E-state index in [4.69, 9.17) is 10.7 Å². The van der Waals surface area contributed by atoms with Gasteiger partial charge in [0.05, 0.1) is 11.0 Å². The molecule has 0 bridgehead atoms. The third kappa shape index (κ3) is 2.02. The molecular formula is C16H17N3. The topological polar surface area (TPSA) is 54.7 Å². The van der Waals surface area contributed by atoms with Gasteiger partial charge in [0.25, 0.3) is 0 Å². The highest BCUT2D eigenvalue weighted by Crippen LogP contribution is 2.25. The fraction of sp³-hybridized carbons (Fsp3) is 0.188. The fourth-order valence-electron chi connectivity index (χ4n) is 2.37. The van der Waals surface area contributed by atoms with E-state index >= 15 is 0 Å². The maximum Gasteiger partial charge on any atom is 0.138 e. The van der Waals surface area contributed by atoms with Crippen LogP contribution in [0.25, 0.3) is 22.4 Å². The molecule has 0 aliphatic heterocycles. The lowest BCUT2D eigenvalue weighted by Crippen LogP contribution is -1.96. The summed E-state index contributed by atoms with van der Waals surface area (Å²) >= 11 is 0. The van der Waals surface area contributed by atoms with Gasteiger partial charge in [-0.3, -0.25) is 0 Å². The molecule has 0 aliphatic carbocycles. The molecule has 0 fully saturated rings. The Morgan fingerprint density at radius 2 is 2.00 bits per heavy atom. The highest BCUT2D eigenvalue weighted by atomic mass is 14.9. The van der Waals surface area contributed by atoms with E-state index in [1.54, 1.807) is 0 Å². The van der Waals surface area contributed by atoms with Gasteiger partial charge < -0.3 is 10.7 Å². The molecule has 0 saturated heterocycles. The number of nitrogens with two attached hydrogens (primary N) is 1. The molecular weight excluding hydrogens is 234 g/mol. The molecule has 0 atom stereocenters. The van der Waals surface area contributed by atoms with Gasteiger partial charge in [0.15, 0.2) is 0 Å². The molecule has 2 aromatic carbocycles. The summed E-state index contributed by atoms with van der Waals surface area (Å²) in [4.78, 5) is 8.11. The van der Waals surface area contributed by atoms with E-state index in [2.05, 4.69) is 37.0 Å². The summed E-state index contributed by atoms with van der Waals surface area (Å²) in [6.07, 6.45) is 0. The van der Waals surface area contributed by atoms with Crippen LogP contribution >= 0.6 is 0 Å². The molecule has 96 valence electrons. The van der Waals surface area contributed by atoms with Crippen LogP contribution in [0, 0.1) is 13.8 Å². The van der Waals surface area contributed by atoms with Crippen LogP contribution in [0.4, 0.5) is 0 Å². The largest absolute Gasteiger partial charge is 0.338 e. The monoisotopic (exact) mass is 251 g/mol. The van der Waals surface area contributed by atoms with E-state index in [0.29, 0.717) is 6.54 Å². The number of hydrogen-bond donors (Lipinski definition) is 2. The number of aromatic nitrogens is 2. The third-order valence-electron chi connectivity index (χ3n) is 3.46. The first-order valence-electron chi connectivity index (χ1n) is 6.44. The van der Waals surface area contributed by atoms with E-state index in [-0.39, 0.29) is 0 Å². The first kappa shape index (κ1) is 11.9. The third-order valence-corrected chi connectivity index (χ3v) is 3.46. The molecule has 0 aliphatic rings. The molecule has 0 amide bonds. The van der Waals surface area contributed by atoms with E-state index in [0.717, 1.165) is 28.0 Å². The SMILES string of the molecule is Cc1ccc(C)c(-c2nc3c(CN)cccc3[nH]2)c1. The number of fused-ring (bicyclic) bond motifs is 1. The number of aromatic amines is 1. The minimum absolute atomic E-state index is 0.508. The predicted molar refractivity (Wildman–Crippen MR) is 78.9 cm³/mol. The summed E-state index contributed by atoms with van der Waals surface area (Å²) in [5, 5.41) is 0. The van der Waals surface area contributed by atoms with Gasteiger partial charge in [-0.25, -0.2) is 4.98 Å². The van der Waals surface area contributed by atoms with Gasteiger partial charge in [-0.2, -0.15) is 0 Å². The second-order valence-corrected chi connectivity index (χ2v) is 4.92. The van der Waals surface area contributed by atoms with Crippen molar-refractivity contribution in [1.29, 1.82) is 0 Å². The van der Waals surface area contributed by atoms with E-state index in [1.807, 2.05) is 18.2 Å². The van der Waals surface area contributed by atoms with Crippen molar-refractivity contribution in [3.05, 3.63) is 53.1 Å². The highest BCUT2D eigenvalue weighted by molar-refractivity contribution is 5.83. The van der Waals surface area contributed by atoms with Gasteiger partial charge in [0.1, 0.15) is 5.82 Å². The van der Waals surface area contributed by atoms with Crippen molar-refractivity contribution in [1.82, 2.24) is 9.97 Å². The first-order valence-corrected chi connectivity index (χ1v) is 6.44. The number of H-pyrrole nitrogens is 1. The van der Waals surface area contributed by atoms with Crippen LogP contribution in [-0.2, 0) is 6.54 Å². The summed E-state index contributed by atoms with van der Waals surface area (Å²) in [5.74, 6) is 0.914. The number of para-hydroxylation sites is 1. The van der Waals surface area contributed by atoms with Crippen LogP contribution in [0.2, 0.25) is 0 Å². The second-order valence-electron chi connectivity index (χ2n) is 4.92. The summed E-state index contributed by atoms with van der Waals surface area (Å²) in [7, 11) is 0. The Labute approximate surface area is 112 Å². The van der Waals surface area contributed by atoms with Gasteiger partial charge in [-0.15, -0.1) is 0 Å². The lowest BCUT2D eigenvalue weighted by Gasteiger charge is -2.03. The van der Waals surface area contributed by atoms with Crippen molar-refractivity contribution < 1.29 is 0 Å². The van der Waals surface area contributed by atoms with Gasteiger partial charge in [-0.1, -0.05) is 29.8 Å². The highest BCUT2D eigenvalue weighted by Gasteiger charge is 2.10. The average Bonchev–Trinajstić information content (AvgIpc) is 2.85. The lowest BCUT2D eigenvalue weighted by atomic mass is 10.1. The minimum atomic E-state index is 0.508. The molecule has 0 unspecified atom stereocenters. The number of rotatable bonds is 2. The number of nitrogens with zero attached hydrogens (tertiary/aromatic N) is 1. The molecule has 3 heteroatoms. The first-order chi connectivity index (χ1) is 9.19. The zero-order valence-electron chi connectivity index (χ0n) is 11.2. The van der Waals surface area contributed by atoms with E-state index in [9.17, 15) is 0 Å². The van der Waals surface area contributed by atoms with Gasteiger partial charge in [0.2, 0.25) is 0 Å². The Morgan fingerprint density at radius 1 is 1.16 bits per heavy atom. The molecule has 1 aromatic heterocycles. The van der Waals surface area contributed by atoms with Crippen molar-refractivity contribution in [2.75, 3.05) is 0 Å². The van der Waals surface area contributed by atoms with Crippen molar-refractivity contribution in [2.45, 2.75) is 20.4 Å². The Kier molecular flexibility index (Phi) is 2.84. The summed E-state index contributed by atoms with van der Waals surface area (Å²) in [6, 6.07) is 12.5. The van der Waals surface area contributed by atoms with Crippen LogP contribution in [-0.4, -0.2) is 9.97 Å². The molecule has 0 radical (unpaired) electrons. The number of aryl methyl sites for hydroxylation is 2. The van der Waals surface area contributed by atoms with Crippen LogP contribution in [0.5, 0.6) is 0 Å². The lowest BCUT2D eigenvalue weighted by molar-refractivity contribution is 1.08. The molecule has 3 aromatic rings. The Hall–Kier alpha value is -2.13.